The molecule has 172 valence electrons. The number of carboxylic acid groups (broad SMARTS) is 1. The lowest BCUT2D eigenvalue weighted by atomic mass is 10.1. The number of rotatable bonds is 8. The van der Waals surface area contributed by atoms with E-state index in [2.05, 4.69) is 21.2 Å². The zero-order valence-electron chi connectivity index (χ0n) is 17.8. The van der Waals surface area contributed by atoms with E-state index in [-0.39, 0.29) is 23.4 Å². The van der Waals surface area contributed by atoms with Gasteiger partial charge in [-0.25, -0.2) is 9.18 Å². The van der Waals surface area contributed by atoms with Crippen LogP contribution in [-0.2, 0) is 11.4 Å². The Morgan fingerprint density at radius 1 is 1.18 bits per heavy atom. The molecule has 0 spiro atoms. The fourth-order valence-corrected chi connectivity index (χ4v) is 3.59. The lowest BCUT2D eigenvalue weighted by Crippen LogP contribution is -2.16. The van der Waals surface area contributed by atoms with E-state index in [4.69, 9.17) is 9.47 Å². The van der Waals surface area contributed by atoms with Crippen molar-refractivity contribution in [2.45, 2.75) is 6.61 Å². The van der Waals surface area contributed by atoms with Crippen LogP contribution in [0.25, 0.3) is 6.08 Å². The summed E-state index contributed by atoms with van der Waals surface area (Å²) in [6.45, 7) is -0.0361. The van der Waals surface area contributed by atoms with E-state index in [0.29, 0.717) is 27.1 Å². The number of benzene rings is 3. The molecule has 0 saturated carbocycles. The number of hydrogen-bond acceptors (Lipinski definition) is 5. The van der Waals surface area contributed by atoms with E-state index < -0.39 is 17.7 Å². The lowest BCUT2D eigenvalue weighted by molar-refractivity contribution is -0.112. The van der Waals surface area contributed by atoms with Gasteiger partial charge in [-0.3, -0.25) is 4.79 Å². The van der Waals surface area contributed by atoms with Crippen LogP contribution in [0.15, 0.2) is 70.7 Å². The summed E-state index contributed by atoms with van der Waals surface area (Å²) in [6, 6.07) is 17.1. The average molecular weight is 525 g/mol. The molecule has 0 unspecified atom stereocenters. The van der Waals surface area contributed by atoms with Gasteiger partial charge < -0.3 is 19.9 Å². The Labute approximate surface area is 203 Å². The summed E-state index contributed by atoms with van der Waals surface area (Å²) in [5.74, 6) is -1.76. The minimum atomic E-state index is -1.21. The first-order valence-corrected chi connectivity index (χ1v) is 10.6. The summed E-state index contributed by atoms with van der Waals surface area (Å²) in [7, 11) is 1.42. The van der Waals surface area contributed by atoms with Crippen molar-refractivity contribution in [1.29, 1.82) is 5.26 Å². The van der Waals surface area contributed by atoms with E-state index in [1.807, 2.05) is 6.07 Å². The summed E-state index contributed by atoms with van der Waals surface area (Å²) >= 11 is 3.38. The van der Waals surface area contributed by atoms with Crippen molar-refractivity contribution in [1.82, 2.24) is 0 Å². The molecule has 0 radical (unpaired) electrons. The van der Waals surface area contributed by atoms with Crippen LogP contribution in [0, 0.1) is 17.1 Å². The van der Waals surface area contributed by atoms with Gasteiger partial charge in [-0.15, -0.1) is 0 Å². The Hall–Kier alpha value is -4.16. The van der Waals surface area contributed by atoms with Crippen molar-refractivity contribution >= 4 is 39.6 Å². The second-order valence-corrected chi connectivity index (χ2v) is 7.74. The fourth-order valence-electron chi connectivity index (χ4n) is 3.01. The van der Waals surface area contributed by atoms with E-state index in [1.54, 1.807) is 36.4 Å². The van der Waals surface area contributed by atoms with Gasteiger partial charge in [0.25, 0.3) is 5.91 Å². The largest absolute Gasteiger partial charge is 0.493 e. The molecule has 0 bridgehead atoms. The van der Waals surface area contributed by atoms with Crippen LogP contribution >= 0.6 is 15.9 Å². The predicted molar refractivity (Wildman–Crippen MR) is 127 cm³/mol. The normalized spacial score (nSPS) is 10.8. The molecule has 7 nitrogen and oxygen atoms in total. The van der Waals surface area contributed by atoms with Crippen LogP contribution in [-0.4, -0.2) is 24.1 Å². The molecule has 0 saturated heterocycles. The molecule has 3 aromatic rings. The summed E-state index contributed by atoms with van der Waals surface area (Å²) in [5, 5.41) is 21.2. The Balaban J connectivity index is 1.85. The minimum absolute atomic E-state index is 0.0361. The molecular formula is C25H18BrFN2O5. The number of carboxylic acids is 1. The number of amides is 1. The fraction of sp³-hybridized carbons (Fsp3) is 0.0800. The van der Waals surface area contributed by atoms with Crippen molar-refractivity contribution in [3.63, 3.8) is 0 Å². The highest BCUT2D eigenvalue weighted by Crippen LogP contribution is 2.38. The summed E-state index contributed by atoms with van der Waals surface area (Å²) in [6.07, 6.45) is 1.33. The van der Waals surface area contributed by atoms with Gasteiger partial charge >= 0.3 is 5.97 Å². The molecular weight excluding hydrogens is 507 g/mol. The zero-order chi connectivity index (χ0) is 24.7. The van der Waals surface area contributed by atoms with Gasteiger partial charge in [0.05, 0.1) is 22.8 Å². The molecule has 3 rings (SSSR count). The van der Waals surface area contributed by atoms with Crippen LogP contribution in [0.5, 0.6) is 11.5 Å². The van der Waals surface area contributed by atoms with Gasteiger partial charge in [-0.1, -0.05) is 30.3 Å². The standard InChI is InChI=1S/C25H18BrFN2O5/c1-33-22-12-15(11-19(26)23(22)34-14-16-6-2-4-8-20(16)27)10-17(13-28)24(30)29-21-9-5-3-7-18(21)25(31)32/h2-12H,14H2,1H3,(H,29,30)(H,31,32)/b17-10+. The van der Waals surface area contributed by atoms with E-state index in [1.165, 1.54) is 37.5 Å². The third-order valence-electron chi connectivity index (χ3n) is 4.66. The van der Waals surface area contributed by atoms with Crippen LogP contribution in [0.4, 0.5) is 10.1 Å². The SMILES string of the molecule is COc1cc(/C=C(\C#N)C(=O)Nc2ccccc2C(=O)O)cc(Br)c1OCc1ccccc1F. The molecule has 34 heavy (non-hydrogen) atoms. The maximum Gasteiger partial charge on any atom is 0.337 e. The Morgan fingerprint density at radius 2 is 1.88 bits per heavy atom. The maximum atomic E-state index is 13.9. The maximum absolute atomic E-state index is 13.9. The molecule has 2 N–H and O–H groups in total. The molecule has 0 heterocycles. The second kappa shape index (κ2) is 11.1. The smallest absolute Gasteiger partial charge is 0.337 e. The molecule has 0 aliphatic rings. The van der Waals surface area contributed by atoms with Gasteiger partial charge in [-0.05, 0) is 57.9 Å². The zero-order valence-corrected chi connectivity index (χ0v) is 19.4. The van der Waals surface area contributed by atoms with Gasteiger partial charge in [-0.2, -0.15) is 5.26 Å². The Kier molecular flexibility index (Phi) is 8.01. The highest BCUT2D eigenvalue weighted by atomic mass is 79.9. The average Bonchev–Trinajstić information content (AvgIpc) is 2.82. The Morgan fingerprint density at radius 3 is 2.56 bits per heavy atom. The highest BCUT2D eigenvalue weighted by molar-refractivity contribution is 9.10. The quantitative estimate of drug-likeness (QED) is 0.300. The molecule has 3 aromatic carbocycles. The molecule has 9 heteroatoms. The van der Waals surface area contributed by atoms with Crippen LogP contribution in [0.3, 0.4) is 0 Å². The topological polar surface area (TPSA) is 109 Å². The number of nitrogens with zero attached hydrogens (tertiary/aromatic N) is 1. The number of nitriles is 1. The number of hydrogen-bond donors (Lipinski definition) is 2. The molecule has 0 aromatic heterocycles. The van der Waals surface area contributed by atoms with Crippen LogP contribution < -0.4 is 14.8 Å². The number of methoxy groups -OCH3 is 1. The first-order chi connectivity index (χ1) is 16.3. The summed E-state index contributed by atoms with van der Waals surface area (Å²) in [5.41, 5.74) is 0.519. The first-order valence-electron chi connectivity index (χ1n) is 9.83. The van der Waals surface area contributed by atoms with Crippen LogP contribution in [0.1, 0.15) is 21.5 Å². The molecule has 1 amide bonds. The molecule has 0 fully saturated rings. The number of carbonyl (C=O) groups is 2. The molecule has 0 atom stereocenters. The second-order valence-electron chi connectivity index (χ2n) is 6.89. The van der Waals surface area contributed by atoms with Crippen molar-refractivity contribution in [3.05, 3.63) is 93.2 Å². The van der Waals surface area contributed by atoms with E-state index in [9.17, 15) is 24.3 Å². The number of anilines is 1. The highest BCUT2D eigenvalue weighted by Gasteiger charge is 2.17. The number of ether oxygens (including phenoxy) is 2. The number of para-hydroxylation sites is 1. The van der Waals surface area contributed by atoms with Gasteiger partial charge in [0.1, 0.15) is 24.1 Å². The monoisotopic (exact) mass is 524 g/mol. The third kappa shape index (κ3) is 5.79. The lowest BCUT2D eigenvalue weighted by Gasteiger charge is -2.14. The number of nitrogens with one attached hydrogen (secondary N) is 1. The number of carbonyl (C=O) groups excluding carboxylic acids is 1. The van der Waals surface area contributed by atoms with Gasteiger partial charge in [0.15, 0.2) is 11.5 Å². The first kappa shape index (κ1) is 24.5. The number of halogens is 2. The Bertz CT molecular complexity index is 1320. The molecule has 0 aliphatic heterocycles. The van der Waals surface area contributed by atoms with Crippen LogP contribution in [0.2, 0.25) is 0 Å². The van der Waals surface area contributed by atoms with Crippen molar-refractivity contribution in [2.24, 2.45) is 0 Å². The van der Waals surface area contributed by atoms with Crippen molar-refractivity contribution in [2.75, 3.05) is 12.4 Å². The van der Waals surface area contributed by atoms with Crippen molar-refractivity contribution in [3.8, 4) is 17.6 Å². The molecule has 0 aliphatic carbocycles. The van der Waals surface area contributed by atoms with E-state index >= 15 is 0 Å². The number of aromatic carboxylic acids is 1. The van der Waals surface area contributed by atoms with Crippen molar-refractivity contribution < 1.29 is 28.6 Å². The van der Waals surface area contributed by atoms with E-state index in [0.717, 1.165) is 0 Å². The van der Waals surface area contributed by atoms with Gasteiger partial charge in [0.2, 0.25) is 0 Å². The summed E-state index contributed by atoms with van der Waals surface area (Å²) in [4.78, 5) is 24.0. The summed E-state index contributed by atoms with van der Waals surface area (Å²) < 4.78 is 25.5. The third-order valence-corrected chi connectivity index (χ3v) is 5.25. The minimum Gasteiger partial charge on any atom is -0.493 e. The van der Waals surface area contributed by atoms with Gasteiger partial charge in [0, 0.05) is 5.56 Å². The predicted octanol–water partition coefficient (Wildman–Crippen LogP) is 5.42.